The molecule has 0 amide bonds. The van der Waals surface area contributed by atoms with E-state index in [1.165, 1.54) is 32.1 Å². The summed E-state index contributed by atoms with van der Waals surface area (Å²) in [6.07, 6.45) is 6.79. The second-order valence-corrected chi connectivity index (χ2v) is 8.12. The van der Waals surface area contributed by atoms with Crippen molar-refractivity contribution in [2.75, 3.05) is 0 Å². The maximum Gasteiger partial charge on any atom is 0.0328 e. The van der Waals surface area contributed by atoms with Crippen molar-refractivity contribution < 1.29 is 0 Å². The fraction of sp³-hybridized carbons (Fsp3) is 0.684. The maximum absolute atomic E-state index is 4.06. The van der Waals surface area contributed by atoms with E-state index < -0.39 is 0 Å². The van der Waals surface area contributed by atoms with Crippen LogP contribution in [-0.2, 0) is 6.42 Å². The third kappa shape index (κ3) is 1.53. The summed E-state index contributed by atoms with van der Waals surface area (Å²) < 4.78 is 0. The molecule has 4 rings (SSSR count). The molecule has 2 bridgehead atoms. The summed E-state index contributed by atoms with van der Waals surface area (Å²) in [6.45, 7) is 7.56. The molecule has 2 saturated carbocycles. The molecule has 1 aromatic rings. The van der Waals surface area contributed by atoms with Gasteiger partial charge in [0.05, 0.1) is 0 Å². The molecule has 0 aliphatic heterocycles. The van der Waals surface area contributed by atoms with Crippen molar-refractivity contribution in [1.82, 2.24) is 5.32 Å². The Balaban J connectivity index is 1.58. The van der Waals surface area contributed by atoms with Crippen LogP contribution >= 0.6 is 0 Å². The molecule has 0 saturated heterocycles. The molecule has 20 heavy (non-hydrogen) atoms. The van der Waals surface area contributed by atoms with Crippen LogP contribution in [0.25, 0.3) is 0 Å². The lowest BCUT2D eigenvalue weighted by Crippen LogP contribution is -2.45. The third-order valence-electron chi connectivity index (χ3n) is 7.33. The van der Waals surface area contributed by atoms with Gasteiger partial charge in [0.2, 0.25) is 0 Å². The lowest BCUT2D eigenvalue weighted by molar-refractivity contribution is 0.115. The molecule has 2 fully saturated rings. The van der Waals surface area contributed by atoms with Crippen molar-refractivity contribution >= 4 is 0 Å². The first-order valence-corrected chi connectivity index (χ1v) is 8.36. The number of hydrogen-bond acceptors (Lipinski definition) is 1. The van der Waals surface area contributed by atoms with Gasteiger partial charge in [-0.2, -0.15) is 0 Å². The summed E-state index contributed by atoms with van der Waals surface area (Å²) >= 11 is 0. The highest BCUT2D eigenvalue weighted by Gasteiger charge is 2.61. The number of nitrogens with one attached hydrogen (secondary N) is 1. The zero-order valence-corrected chi connectivity index (χ0v) is 13.1. The lowest BCUT2D eigenvalue weighted by atomic mass is 9.69. The van der Waals surface area contributed by atoms with Crippen LogP contribution in [0, 0.1) is 16.7 Å². The van der Waals surface area contributed by atoms with Gasteiger partial charge in [-0.25, -0.2) is 0 Å². The topological polar surface area (TPSA) is 12.0 Å². The van der Waals surface area contributed by atoms with Gasteiger partial charge in [0.25, 0.3) is 0 Å². The monoisotopic (exact) mass is 269 g/mol. The number of aryl methyl sites for hydroxylation is 1. The molecule has 4 unspecified atom stereocenters. The Hall–Kier alpha value is -0.820. The standard InChI is InChI=1S/C19H27N/c1-18(2)14-10-11-19(18,3)17(12-14)20-16-9-8-13-6-4-5-7-15(13)16/h4-7,14,16-17,20H,8-12H2,1-3H3. The van der Waals surface area contributed by atoms with Gasteiger partial charge in [-0.3, -0.25) is 0 Å². The van der Waals surface area contributed by atoms with Crippen LogP contribution in [0.3, 0.4) is 0 Å². The molecule has 4 atom stereocenters. The lowest BCUT2D eigenvalue weighted by Gasteiger charge is -2.41. The third-order valence-corrected chi connectivity index (χ3v) is 7.33. The Bertz CT molecular complexity index is 532. The van der Waals surface area contributed by atoms with E-state index in [0.717, 1.165) is 5.92 Å². The summed E-state index contributed by atoms with van der Waals surface area (Å²) in [5.41, 5.74) is 4.15. The molecule has 3 aliphatic carbocycles. The predicted octanol–water partition coefficient (Wildman–Crippen LogP) is 4.48. The molecule has 0 aromatic heterocycles. The summed E-state index contributed by atoms with van der Waals surface area (Å²) in [4.78, 5) is 0. The number of fused-ring (bicyclic) bond motifs is 3. The summed E-state index contributed by atoms with van der Waals surface area (Å²) in [5.74, 6) is 0.932. The Morgan fingerprint density at radius 3 is 2.60 bits per heavy atom. The zero-order chi connectivity index (χ0) is 14.0. The van der Waals surface area contributed by atoms with Crippen LogP contribution in [-0.4, -0.2) is 6.04 Å². The number of benzene rings is 1. The molecule has 1 nitrogen and oxygen atoms in total. The van der Waals surface area contributed by atoms with Crippen LogP contribution < -0.4 is 5.32 Å². The van der Waals surface area contributed by atoms with Crippen molar-refractivity contribution in [3.05, 3.63) is 35.4 Å². The minimum Gasteiger partial charge on any atom is -0.307 e. The first kappa shape index (κ1) is 12.9. The van der Waals surface area contributed by atoms with Gasteiger partial charge >= 0.3 is 0 Å². The average molecular weight is 269 g/mol. The Morgan fingerprint density at radius 1 is 1.10 bits per heavy atom. The van der Waals surface area contributed by atoms with Crippen LogP contribution in [0.4, 0.5) is 0 Å². The second-order valence-electron chi connectivity index (χ2n) is 8.12. The normalized spacial score (nSPS) is 41.0. The van der Waals surface area contributed by atoms with Crippen molar-refractivity contribution in [2.45, 2.75) is 65.0 Å². The molecule has 1 aromatic carbocycles. The van der Waals surface area contributed by atoms with Crippen LogP contribution in [0.5, 0.6) is 0 Å². The molecular weight excluding hydrogens is 242 g/mol. The Morgan fingerprint density at radius 2 is 1.90 bits per heavy atom. The smallest absolute Gasteiger partial charge is 0.0328 e. The van der Waals surface area contributed by atoms with Crippen LogP contribution in [0.2, 0.25) is 0 Å². The van der Waals surface area contributed by atoms with Gasteiger partial charge in [0.15, 0.2) is 0 Å². The second kappa shape index (κ2) is 4.10. The fourth-order valence-corrected chi connectivity index (χ4v) is 5.43. The highest BCUT2D eigenvalue weighted by Crippen LogP contribution is 2.65. The van der Waals surface area contributed by atoms with E-state index in [0.29, 0.717) is 22.9 Å². The van der Waals surface area contributed by atoms with Gasteiger partial charge in [-0.05, 0) is 60.0 Å². The van der Waals surface area contributed by atoms with E-state index in [-0.39, 0.29) is 0 Å². The highest BCUT2D eigenvalue weighted by atomic mass is 15.0. The van der Waals surface area contributed by atoms with Gasteiger partial charge in [0, 0.05) is 12.1 Å². The maximum atomic E-state index is 4.06. The molecular formula is C19H27N. The van der Waals surface area contributed by atoms with Gasteiger partial charge in [-0.15, -0.1) is 0 Å². The van der Waals surface area contributed by atoms with E-state index in [1.54, 1.807) is 11.1 Å². The molecule has 3 aliphatic rings. The molecule has 1 N–H and O–H groups in total. The molecule has 0 radical (unpaired) electrons. The van der Waals surface area contributed by atoms with E-state index in [1.807, 2.05) is 0 Å². The number of hydrogen-bond donors (Lipinski definition) is 1. The van der Waals surface area contributed by atoms with Crippen molar-refractivity contribution in [3.63, 3.8) is 0 Å². The zero-order valence-electron chi connectivity index (χ0n) is 13.1. The van der Waals surface area contributed by atoms with Crippen LogP contribution in [0.1, 0.15) is 63.6 Å². The van der Waals surface area contributed by atoms with Gasteiger partial charge in [0.1, 0.15) is 0 Å². The van der Waals surface area contributed by atoms with Gasteiger partial charge in [-0.1, -0.05) is 45.0 Å². The fourth-order valence-electron chi connectivity index (χ4n) is 5.43. The first-order chi connectivity index (χ1) is 9.52. The number of rotatable bonds is 2. The van der Waals surface area contributed by atoms with E-state index in [4.69, 9.17) is 0 Å². The predicted molar refractivity (Wildman–Crippen MR) is 83.7 cm³/mol. The quantitative estimate of drug-likeness (QED) is 0.835. The Kier molecular flexibility index (Phi) is 2.64. The minimum absolute atomic E-state index is 0.495. The Labute approximate surface area is 123 Å². The summed E-state index contributed by atoms with van der Waals surface area (Å²) in [7, 11) is 0. The van der Waals surface area contributed by atoms with E-state index in [2.05, 4.69) is 50.4 Å². The minimum atomic E-state index is 0.495. The molecule has 0 heterocycles. The average Bonchev–Trinajstić information content (AvgIpc) is 2.99. The highest BCUT2D eigenvalue weighted by molar-refractivity contribution is 5.34. The van der Waals surface area contributed by atoms with E-state index >= 15 is 0 Å². The van der Waals surface area contributed by atoms with E-state index in [9.17, 15) is 0 Å². The van der Waals surface area contributed by atoms with Crippen molar-refractivity contribution in [3.8, 4) is 0 Å². The first-order valence-electron chi connectivity index (χ1n) is 8.36. The van der Waals surface area contributed by atoms with Gasteiger partial charge < -0.3 is 5.32 Å². The summed E-state index contributed by atoms with van der Waals surface area (Å²) in [6, 6.07) is 10.3. The van der Waals surface area contributed by atoms with Crippen LogP contribution in [0.15, 0.2) is 24.3 Å². The van der Waals surface area contributed by atoms with Crippen molar-refractivity contribution in [1.29, 1.82) is 0 Å². The van der Waals surface area contributed by atoms with Crippen molar-refractivity contribution in [2.24, 2.45) is 16.7 Å². The summed E-state index contributed by atoms with van der Waals surface area (Å²) in [5, 5.41) is 4.06. The molecule has 108 valence electrons. The molecule has 1 heteroatoms. The largest absolute Gasteiger partial charge is 0.307 e. The molecule has 0 spiro atoms. The SMILES string of the molecule is CC1(C)C2CCC1(C)C(NC1CCc3ccccc31)C2.